The van der Waals surface area contributed by atoms with Crippen molar-refractivity contribution < 1.29 is 41.7 Å². The van der Waals surface area contributed by atoms with Crippen molar-refractivity contribution in [2.24, 2.45) is 0 Å². The van der Waals surface area contributed by atoms with Gasteiger partial charge in [-0.15, -0.1) is 0 Å². The molecule has 0 spiro atoms. The number of carbonyl (C=O) groups is 2. The Kier molecular flexibility index (Phi) is 10.1. The number of hydrogen-bond donors (Lipinski definition) is 2. The predicted molar refractivity (Wildman–Crippen MR) is 159 cm³/mol. The van der Waals surface area contributed by atoms with E-state index in [1.165, 1.54) is 55.8 Å². The predicted octanol–water partition coefficient (Wildman–Crippen LogP) is 6.69. The van der Waals surface area contributed by atoms with Crippen LogP contribution in [-0.4, -0.2) is 43.2 Å². The first-order valence-corrected chi connectivity index (χ1v) is 14.1. The Labute approximate surface area is 261 Å². The zero-order valence-electron chi connectivity index (χ0n) is 23.9. The Morgan fingerprint density at radius 3 is 2.49 bits per heavy atom. The van der Waals surface area contributed by atoms with Gasteiger partial charge in [0.1, 0.15) is 23.9 Å². The smallest absolute Gasteiger partial charge is 0.338 e. The number of pyridine rings is 1. The SMILES string of the molecule is COC(=O)c1cc(F)c(NC(=O)Cc2ccc(Oc3ccnc(COc4ccc(Cl)cc4F)c3)c(F)c2)c(NC[C@@H]2CCO2)c1. The second-order valence-electron chi connectivity index (χ2n) is 9.97. The Hall–Kier alpha value is -4.81. The number of rotatable bonds is 12. The number of carbonyl (C=O) groups excluding carboxylic acids is 2. The van der Waals surface area contributed by atoms with Gasteiger partial charge in [-0.1, -0.05) is 17.7 Å². The number of benzene rings is 3. The fraction of sp³-hybridized carbons (Fsp3) is 0.219. The third-order valence-corrected chi connectivity index (χ3v) is 6.97. The van der Waals surface area contributed by atoms with E-state index in [1.807, 2.05) is 0 Å². The van der Waals surface area contributed by atoms with E-state index in [4.69, 9.17) is 25.8 Å². The first kappa shape index (κ1) is 31.6. The molecule has 5 rings (SSSR count). The number of hydrogen-bond acceptors (Lipinski definition) is 8. The molecule has 1 atom stereocenters. The lowest BCUT2D eigenvalue weighted by atomic mass is 10.1. The second-order valence-corrected chi connectivity index (χ2v) is 10.4. The van der Waals surface area contributed by atoms with Crippen molar-refractivity contribution in [1.29, 1.82) is 0 Å². The highest BCUT2D eigenvalue weighted by Gasteiger charge is 2.22. The summed E-state index contributed by atoms with van der Waals surface area (Å²) in [6, 6.07) is 13.4. The van der Waals surface area contributed by atoms with Gasteiger partial charge in [0.25, 0.3) is 0 Å². The number of ether oxygens (including phenoxy) is 4. The fourth-order valence-corrected chi connectivity index (χ4v) is 4.51. The summed E-state index contributed by atoms with van der Waals surface area (Å²) in [5.74, 6) is -3.44. The van der Waals surface area contributed by atoms with Gasteiger partial charge in [-0.2, -0.15) is 0 Å². The third-order valence-electron chi connectivity index (χ3n) is 6.74. The molecule has 1 aliphatic rings. The molecule has 2 heterocycles. The molecule has 9 nitrogen and oxygen atoms in total. The van der Waals surface area contributed by atoms with E-state index < -0.39 is 29.3 Å². The number of halogens is 4. The summed E-state index contributed by atoms with van der Waals surface area (Å²) in [5.41, 5.74) is 0.678. The van der Waals surface area contributed by atoms with Crippen LogP contribution in [0.2, 0.25) is 5.02 Å². The number of aromatic nitrogens is 1. The molecule has 1 saturated heterocycles. The molecule has 2 N–H and O–H groups in total. The normalized spacial score (nSPS) is 13.8. The molecule has 1 aliphatic heterocycles. The van der Waals surface area contributed by atoms with E-state index in [0.717, 1.165) is 24.6 Å². The molecular weight excluding hydrogens is 615 g/mol. The van der Waals surface area contributed by atoms with Gasteiger partial charge < -0.3 is 29.6 Å². The van der Waals surface area contributed by atoms with Crippen molar-refractivity contribution in [3.05, 3.63) is 106 Å². The van der Waals surface area contributed by atoms with Crippen LogP contribution in [0, 0.1) is 17.5 Å². The van der Waals surface area contributed by atoms with Gasteiger partial charge in [0.15, 0.2) is 23.1 Å². The summed E-state index contributed by atoms with van der Waals surface area (Å²) in [5, 5.41) is 5.76. The Morgan fingerprint density at radius 2 is 1.78 bits per heavy atom. The van der Waals surface area contributed by atoms with E-state index in [1.54, 1.807) is 0 Å². The van der Waals surface area contributed by atoms with E-state index in [-0.39, 0.29) is 58.3 Å². The van der Waals surface area contributed by atoms with E-state index in [2.05, 4.69) is 20.4 Å². The lowest BCUT2D eigenvalue weighted by molar-refractivity contribution is -0.115. The molecule has 1 aromatic heterocycles. The van der Waals surface area contributed by atoms with Crippen molar-refractivity contribution in [3.8, 4) is 17.2 Å². The molecule has 13 heteroatoms. The van der Waals surface area contributed by atoms with Gasteiger partial charge in [-0.3, -0.25) is 9.78 Å². The molecule has 1 amide bonds. The topological polar surface area (TPSA) is 108 Å². The maximum absolute atomic E-state index is 15.0. The summed E-state index contributed by atoms with van der Waals surface area (Å²) in [6.07, 6.45) is 1.90. The van der Waals surface area contributed by atoms with Crippen LogP contribution in [0.3, 0.4) is 0 Å². The quantitative estimate of drug-likeness (QED) is 0.165. The number of anilines is 2. The average molecular weight is 642 g/mol. The van der Waals surface area contributed by atoms with Gasteiger partial charge in [-0.25, -0.2) is 18.0 Å². The van der Waals surface area contributed by atoms with Crippen LogP contribution in [0.1, 0.15) is 28.0 Å². The lowest BCUT2D eigenvalue weighted by Gasteiger charge is -2.27. The molecule has 0 radical (unpaired) electrons. The maximum Gasteiger partial charge on any atom is 0.338 e. The first-order chi connectivity index (χ1) is 21.7. The highest BCUT2D eigenvalue weighted by molar-refractivity contribution is 6.30. The minimum absolute atomic E-state index is 0.00473. The zero-order valence-corrected chi connectivity index (χ0v) is 24.6. The van der Waals surface area contributed by atoms with Crippen LogP contribution in [-0.2, 0) is 27.3 Å². The van der Waals surface area contributed by atoms with Crippen LogP contribution < -0.4 is 20.1 Å². The number of nitrogens with zero attached hydrogens (tertiary/aromatic N) is 1. The molecule has 0 bridgehead atoms. The van der Waals surface area contributed by atoms with Crippen LogP contribution in [0.25, 0.3) is 0 Å². The molecular formula is C32H27ClF3N3O6. The first-order valence-electron chi connectivity index (χ1n) is 13.7. The monoisotopic (exact) mass is 641 g/mol. The zero-order chi connectivity index (χ0) is 31.9. The van der Waals surface area contributed by atoms with E-state index in [0.29, 0.717) is 24.4 Å². The van der Waals surface area contributed by atoms with Crippen molar-refractivity contribution in [2.75, 3.05) is 30.9 Å². The van der Waals surface area contributed by atoms with E-state index >= 15 is 4.39 Å². The lowest BCUT2D eigenvalue weighted by Crippen LogP contribution is -2.33. The standard InChI is InChI=1S/C32H27ClF3N3O6/c1-42-32(41)19-12-26(36)31(27(13-19)38-16-23-7-9-43-23)39-30(40)11-18-2-4-29(24(34)10-18)45-22-6-8-37-21(15-22)17-44-28-5-3-20(33)14-25(28)35/h2-6,8,10,12-15,23,38H,7,9,11,16-17H2,1H3,(H,39,40)/t23-/m0/s1. The summed E-state index contributed by atoms with van der Waals surface area (Å²) in [4.78, 5) is 29.0. The Balaban J connectivity index is 1.22. The third kappa shape index (κ3) is 8.22. The highest BCUT2D eigenvalue weighted by atomic mass is 35.5. The van der Waals surface area contributed by atoms with Gasteiger partial charge in [0, 0.05) is 30.4 Å². The summed E-state index contributed by atoms with van der Waals surface area (Å²) >= 11 is 5.76. The molecule has 1 fully saturated rings. The van der Waals surface area contributed by atoms with Crippen LogP contribution in [0.5, 0.6) is 17.2 Å². The highest BCUT2D eigenvalue weighted by Crippen LogP contribution is 2.30. The number of amides is 1. The molecule has 234 valence electrons. The van der Waals surface area contributed by atoms with E-state index in [9.17, 15) is 18.4 Å². The second kappa shape index (κ2) is 14.3. The van der Waals surface area contributed by atoms with Crippen LogP contribution >= 0.6 is 11.6 Å². The van der Waals surface area contributed by atoms with Crippen molar-refractivity contribution in [3.63, 3.8) is 0 Å². The Bertz CT molecular complexity index is 1720. The fourth-order valence-electron chi connectivity index (χ4n) is 4.35. The average Bonchev–Trinajstić information content (AvgIpc) is 2.98. The number of methoxy groups -OCH3 is 1. The molecule has 3 aromatic carbocycles. The van der Waals surface area contributed by atoms with Crippen LogP contribution in [0.4, 0.5) is 24.5 Å². The molecule has 4 aromatic rings. The van der Waals surface area contributed by atoms with Crippen molar-refractivity contribution >= 4 is 34.9 Å². The molecule has 45 heavy (non-hydrogen) atoms. The van der Waals surface area contributed by atoms with Gasteiger partial charge in [0.2, 0.25) is 5.91 Å². The summed E-state index contributed by atoms with van der Waals surface area (Å²) in [7, 11) is 1.18. The van der Waals surface area contributed by atoms with Gasteiger partial charge in [-0.05, 0) is 60.5 Å². The molecule has 0 aliphatic carbocycles. The molecule has 0 unspecified atom stereocenters. The van der Waals surface area contributed by atoms with Crippen LogP contribution in [0.15, 0.2) is 66.9 Å². The number of esters is 1. The van der Waals surface area contributed by atoms with Crippen molar-refractivity contribution in [2.45, 2.75) is 25.6 Å². The van der Waals surface area contributed by atoms with Gasteiger partial charge in [0.05, 0.1) is 36.6 Å². The molecule has 0 saturated carbocycles. The summed E-state index contributed by atoms with van der Waals surface area (Å²) in [6.45, 7) is 0.884. The Morgan fingerprint density at radius 1 is 1.00 bits per heavy atom. The van der Waals surface area contributed by atoms with Crippen molar-refractivity contribution in [1.82, 2.24) is 4.98 Å². The summed E-state index contributed by atoms with van der Waals surface area (Å²) < 4.78 is 65.2. The van der Waals surface area contributed by atoms with Gasteiger partial charge >= 0.3 is 5.97 Å². The minimum atomic E-state index is -0.848. The minimum Gasteiger partial charge on any atom is -0.484 e. The maximum atomic E-state index is 15.0. The largest absolute Gasteiger partial charge is 0.484 e. The number of nitrogens with one attached hydrogen (secondary N) is 2.